The second kappa shape index (κ2) is 9.62. The van der Waals surface area contributed by atoms with Gasteiger partial charge in [0.1, 0.15) is 11.0 Å². The maximum atomic E-state index is 6.18. The molecule has 0 saturated carbocycles. The lowest BCUT2D eigenvalue weighted by atomic mass is 10.1. The van der Waals surface area contributed by atoms with Crippen LogP contribution in [0.5, 0.6) is 0 Å². The van der Waals surface area contributed by atoms with Crippen LogP contribution in [-0.2, 0) is 0 Å². The van der Waals surface area contributed by atoms with E-state index in [2.05, 4.69) is 41.3 Å². The zero-order valence-corrected chi connectivity index (χ0v) is 17.3. The minimum absolute atomic E-state index is 0.149. The highest BCUT2D eigenvalue weighted by Crippen LogP contribution is 2.18. The number of aromatic nitrogens is 2. The SMILES string of the molecule is CC(C)C.Cc1[nH]nc2ccc(/C(N)=N/C(=C(\N)Cl)N3CCNCC3)cc12. The first-order valence-electron chi connectivity index (χ1n) is 9.19. The van der Waals surface area contributed by atoms with Crippen molar-refractivity contribution in [2.75, 3.05) is 26.2 Å². The number of fused-ring (bicyclic) bond motifs is 1. The van der Waals surface area contributed by atoms with Gasteiger partial charge in [-0.1, -0.05) is 32.4 Å². The highest BCUT2D eigenvalue weighted by molar-refractivity contribution is 6.29. The second-order valence-corrected chi connectivity index (χ2v) is 7.63. The van der Waals surface area contributed by atoms with E-state index in [1.165, 1.54) is 0 Å². The number of H-pyrrole nitrogens is 1. The Hall–Kier alpha value is -2.25. The molecular weight excluding hydrogens is 362 g/mol. The van der Waals surface area contributed by atoms with Crippen LogP contribution < -0.4 is 16.8 Å². The topological polar surface area (TPSA) is 108 Å². The highest BCUT2D eigenvalue weighted by Gasteiger charge is 2.16. The first-order chi connectivity index (χ1) is 12.8. The Balaban J connectivity index is 0.000000596. The average molecular weight is 392 g/mol. The van der Waals surface area contributed by atoms with Crippen molar-refractivity contribution in [1.82, 2.24) is 20.4 Å². The number of benzene rings is 1. The van der Waals surface area contributed by atoms with E-state index in [-0.39, 0.29) is 5.16 Å². The normalized spacial score (nSPS) is 16.2. The van der Waals surface area contributed by atoms with Gasteiger partial charge in [0.25, 0.3) is 0 Å². The van der Waals surface area contributed by atoms with Gasteiger partial charge in [-0.05, 0) is 31.0 Å². The van der Waals surface area contributed by atoms with E-state index in [1.54, 1.807) is 0 Å². The molecule has 2 heterocycles. The summed E-state index contributed by atoms with van der Waals surface area (Å²) in [4.78, 5) is 6.51. The molecule has 1 saturated heterocycles. The van der Waals surface area contributed by atoms with Gasteiger partial charge in [-0.15, -0.1) is 0 Å². The smallest absolute Gasteiger partial charge is 0.166 e. The Bertz CT molecular complexity index is 810. The summed E-state index contributed by atoms with van der Waals surface area (Å²) in [5.74, 6) is 1.74. The zero-order valence-electron chi connectivity index (χ0n) is 16.5. The number of aliphatic imine (C=N–C) groups is 1. The van der Waals surface area contributed by atoms with Crippen LogP contribution in [0, 0.1) is 12.8 Å². The van der Waals surface area contributed by atoms with Gasteiger partial charge in [-0.3, -0.25) is 5.10 Å². The van der Waals surface area contributed by atoms with Crippen molar-refractivity contribution in [1.29, 1.82) is 0 Å². The van der Waals surface area contributed by atoms with E-state index < -0.39 is 0 Å². The van der Waals surface area contributed by atoms with Gasteiger partial charge < -0.3 is 21.7 Å². The van der Waals surface area contributed by atoms with Crippen LogP contribution >= 0.6 is 11.6 Å². The fraction of sp³-hybridized carbons (Fsp3) is 0.474. The summed E-state index contributed by atoms with van der Waals surface area (Å²) in [6.07, 6.45) is 0. The minimum Gasteiger partial charge on any atom is -0.386 e. The number of aromatic amines is 1. The maximum absolute atomic E-state index is 6.18. The Morgan fingerprint density at radius 2 is 1.85 bits per heavy atom. The van der Waals surface area contributed by atoms with Gasteiger partial charge in [0.05, 0.1) is 5.52 Å². The molecule has 0 spiro atoms. The van der Waals surface area contributed by atoms with Crippen molar-refractivity contribution in [2.45, 2.75) is 27.7 Å². The summed E-state index contributed by atoms with van der Waals surface area (Å²) in [5, 5.41) is 11.6. The first kappa shape index (κ1) is 21.1. The largest absolute Gasteiger partial charge is 0.386 e. The van der Waals surface area contributed by atoms with Crippen molar-refractivity contribution in [3.05, 3.63) is 40.4 Å². The number of rotatable bonds is 3. The predicted molar refractivity (Wildman–Crippen MR) is 114 cm³/mol. The summed E-state index contributed by atoms with van der Waals surface area (Å²) < 4.78 is 0. The number of nitrogens with two attached hydrogens (primary N) is 2. The molecule has 0 radical (unpaired) electrons. The standard InChI is InChI=1S/C15H20ClN7.C4H10/c1-9-11-8-10(2-3-12(11)22-21-9)14(18)20-15(13(16)17)23-6-4-19-5-7-23;1-4(2)3/h2-3,8,19H,4-7,17H2,1H3,(H2,18,20)(H,21,22);4H,1-3H3/b15-13+;. The lowest BCUT2D eigenvalue weighted by molar-refractivity contribution is 0.295. The van der Waals surface area contributed by atoms with Gasteiger partial charge in [0.15, 0.2) is 5.82 Å². The number of amidine groups is 1. The van der Waals surface area contributed by atoms with Gasteiger partial charge in [0, 0.05) is 42.8 Å². The second-order valence-electron chi connectivity index (χ2n) is 7.22. The molecule has 1 aliphatic heterocycles. The summed E-state index contributed by atoms with van der Waals surface area (Å²) >= 11 is 6.03. The molecule has 1 aliphatic rings. The number of nitrogens with zero attached hydrogens (tertiary/aromatic N) is 3. The van der Waals surface area contributed by atoms with Crippen LogP contribution in [0.2, 0.25) is 0 Å². The molecule has 0 unspecified atom stereocenters. The van der Waals surface area contributed by atoms with E-state index in [9.17, 15) is 0 Å². The highest BCUT2D eigenvalue weighted by atomic mass is 35.5. The monoisotopic (exact) mass is 391 g/mol. The van der Waals surface area contributed by atoms with Gasteiger partial charge in [-0.2, -0.15) is 5.10 Å². The van der Waals surface area contributed by atoms with E-state index >= 15 is 0 Å². The summed E-state index contributed by atoms with van der Waals surface area (Å²) in [6, 6.07) is 5.77. The van der Waals surface area contributed by atoms with Crippen molar-refractivity contribution in [2.24, 2.45) is 22.4 Å². The van der Waals surface area contributed by atoms with Gasteiger partial charge in [-0.25, -0.2) is 4.99 Å². The van der Waals surface area contributed by atoms with Gasteiger partial charge in [0.2, 0.25) is 0 Å². The number of piperazine rings is 1. The number of nitrogens with one attached hydrogen (secondary N) is 2. The van der Waals surface area contributed by atoms with Crippen LogP contribution in [0.15, 0.2) is 34.2 Å². The summed E-state index contributed by atoms with van der Waals surface area (Å²) in [7, 11) is 0. The molecule has 1 aromatic heterocycles. The fourth-order valence-corrected chi connectivity index (χ4v) is 2.79. The molecule has 0 atom stereocenters. The first-order valence-corrected chi connectivity index (χ1v) is 9.57. The predicted octanol–water partition coefficient (Wildman–Crippen LogP) is 2.47. The molecule has 1 aromatic carbocycles. The zero-order chi connectivity index (χ0) is 20.0. The summed E-state index contributed by atoms with van der Waals surface area (Å²) in [6.45, 7) is 11.8. The van der Waals surface area contributed by atoms with Crippen molar-refractivity contribution in [3.63, 3.8) is 0 Å². The van der Waals surface area contributed by atoms with Crippen LogP contribution in [0.1, 0.15) is 32.0 Å². The van der Waals surface area contributed by atoms with E-state index in [1.807, 2.05) is 30.0 Å². The maximum Gasteiger partial charge on any atom is 0.166 e. The molecule has 0 bridgehead atoms. The lowest BCUT2D eigenvalue weighted by Crippen LogP contribution is -2.43. The Morgan fingerprint density at radius 1 is 1.22 bits per heavy atom. The van der Waals surface area contributed by atoms with Crippen molar-refractivity contribution in [3.8, 4) is 0 Å². The molecule has 7 nitrogen and oxygen atoms in total. The molecule has 1 fully saturated rings. The number of halogens is 1. The molecule has 3 rings (SSSR count). The van der Waals surface area contributed by atoms with E-state index in [0.29, 0.717) is 11.7 Å². The number of aryl methyl sites for hydroxylation is 1. The molecule has 0 aliphatic carbocycles. The van der Waals surface area contributed by atoms with Crippen LogP contribution in [0.3, 0.4) is 0 Å². The Kier molecular flexibility index (Phi) is 7.50. The molecule has 27 heavy (non-hydrogen) atoms. The summed E-state index contributed by atoms with van der Waals surface area (Å²) in [5.41, 5.74) is 14.7. The minimum atomic E-state index is 0.149. The third-order valence-corrected chi connectivity index (χ3v) is 4.07. The van der Waals surface area contributed by atoms with Crippen LogP contribution in [0.4, 0.5) is 0 Å². The quantitative estimate of drug-likeness (QED) is 0.365. The number of hydrogen-bond acceptors (Lipinski definition) is 5. The van der Waals surface area contributed by atoms with Gasteiger partial charge >= 0.3 is 0 Å². The Labute approximate surface area is 165 Å². The van der Waals surface area contributed by atoms with Crippen LogP contribution in [-0.4, -0.2) is 47.1 Å². The molecule has 6 N–H and O–H groups in total. The van der Waals surface area contributed by atoms with Crippen molar-refractivity contribution >= 4 is 28.3 Å². The molecule has 8 heteroatoms. The third kappa shape index (κ3) is 5.87. The molecular formula is C19H30ClN7. The molecule has 148 valence electrons. The lowest BCUT2D eigenvalue weighted by Gasteiger charge is -2.29. The van der Waals surface area contributed by atoms with Crippen molar-refractivity contribution < 1.29 is 0 Å². The van der Waals surface area contributed by atoms with E-state index in [0.717, 1.165) is 54.3 Å². The fourth-order valence-electron chi connectivity index (χ4n) is 2.63. The number of hydrogen-bond donors (Lipinski definition) is 4. The van der Waals surface area contributed by atoms with E-state index in [4.69, 9.17) is 23.1 Å². The van der Waals surface area contributed by atoms with Crippen LogP contribution in [0.25, 0.3) is 10.9 Å². The molecule has 2 aromatic rings. The Morgan fingerprint density at radius 3 is 2.44 bits per heavy atom. The third-order valence-electron chi connectivity index (χ3n) is 3.90. The molecule has 0 amide bonds. The average Bonchev–Trinajstić information content (AvgIpc) is 3.00.